The maximum absolute atomic E-state index is 6.11. The summed E-state index contributed by atoms with van der Waals surface area (Å²) in [5.41, 5.74) is 14.1. The molecule has 1 heteroatoms. The first-order valence-corrected chi connectivity index (χ1v) is 6.70. The Hall–Kier alpha value is -1.76. The Labute approximate surface area is 117 Å². The van der Waals surface area contributed by atoms with Crippen molar-refractivity contribution in [3.63, 3.8) is 0 Å². The van der Waals surface area contributed by atoms with Crippen LogP contribution in [0.3, 0.4) is 0 Å². The third-order valence-electron chi connectivity index (χ3n) is 3.31. The molecule has 1 aromatic carbocycles. The van der Waals surface area contributed by atoms with Gasteiger partial charge >= 0.3 is 0 Å². The van der Waals surface area contributed by atoms with Crippen LogP contribution in [0.5, 0.6) is 0 Å². The van der Waals surface area contributed by atoms with Crippen molar-refractivity contribution in [2.45, 2.75) is 41.0 Å². The van der Waals surface area contributed by atoms with Crippen molar-refractivity contribution in [1.82, 2.24) is 0 Å². The highest BCUT2D eigenvalue weighted by molar-refractivity contribution is 5.76. The van der Waals surface area contributed by atoms with Gasteiger partial charge in [-0.25, -0.2) is 0 Å². The van der Waals surface area contributed by atoms with E-state index in [1.807, 2.05) is 6.07 Å². The van der Waals surface area contributed by atoms with Gasteiger partial charge in [0.1, 0.15) is 0 Å². The molecule has 0 aliphatic carbocycles. The smallest absolute Gasteiger partial charge is 0.0393 e. The third kappa shape index (κ3) is 4.13. The number of nitrogen functional groups attached to an aromatic ring is 1. The Morgan fingerprint density at radius 3 is 2.32 bits per heavy atom. The number of hydrogen-bond acceptors (Lipinski definition) is 1. The van der Waals surface area contributed by atoms with Crippen molar-refractivity contribution >= 4 is 11.3 Å². The monoisotopic (exact) mass is 255 g/mol. The van der Waals surface area contributed by atoms with Gasteiger partial charge in [-0.15, -0.1) is 0 Å². The van der Waals surface area contributed by atoms with Gasteiger partial charge in [0.25, 0.3) is 0 Å². The molecule has 0 spiro atoms. The average molecular weight is 255 g/mol. The molecule has 1 rings (SSSR count). The summed E-state index contributed by atoms with van der Waals surface area (Å²) in [4.78, 5) is 0. The number of rotatable bonds is 4. The van der Waals surface area contributed by atoms with E-state index < -0.39 is 0 Å². The van der Waals surface area contributed by atoms with Gasteiger partial charge < -0.3 is 5.73 Å². The minimum Gasteiger partial charge on any atom is -0.398 e. The predicted molar refractivity (Wildman–Crippen MR) is 87.2 cm³/mol. The van der Waals surface area contributed by atoms with E-state index in [2.05, 4.69) is 59.4 Å². The van der Waals surface area contributed by atoms with Crippen LogP contribution < -0.4 is 5.73 Å². The predicted octanol–water partition coefficient (Wildman–Crippen LogP) is 5.20. The van der Waals surface area contributed by atoms with Crippen molar-refractivity contribution in [3.8, 4) is 0 Å². The van der Waals surface area contributed by atoms with Crippen LogP contribution in [-0.2, 0) is 0 Å². The normalized spacial score (nSPS) is 11.3. The number of anilines is 1. The van der Waals surface area contributed by atoms with Crippen LogP contribution >= 0.6 is 0 Å². The molecule has 0 aromatic heterocycles. The number of hydrogen-bond donors (Lipinski definition) is 1. The van der Waals surface area contributed by atoms with Crippen molar-refractivity contribution in [1.29, 1.82) is 0 Å². The summed E-state index contributed by atoms with van der Waals surface area (Å²) >= 11 is 0. The summed E-state index contributed by atoms with van der Waals surface area (Å²) in [6.07, 6.45) is 5.17. The summed E-state index contributed by atoms with van der Waals surface area (Å²) < 4.78 is 0. The molecule has 0 saturated carbocycles. The van der Waals surface area contributed by atoms with E-state index in [0.29, 0.717) is 0 Å². The van der Waals surface area contributed by atoms with Crippen molar-refractivity contribution in [3.05, 3.63) is 58.7 Å². The molecule has 1 aromatic rings. The van der Waals surface area contributed by atoms with Crippen LogP contribution in [0.15, 0.2) is 42.0 Å². The van der Waals surface area contributed by atoms with Crippen LogP contribution in [0.4, 0.5) is 5.69 Å². The van der Waals surface area contributed by atoms with Crippen molar-refractivity contribution in [2.24, 2.45) is 0 Å². The number of allylic oxidation sites excluding steroid dienone is 5. The summed E-state index contributed by atoms with van der Waals surface area (Å²) in [7, 11) is 0. The zero-order valence-corrected chi connectivity index (χ0v) is 12.8. The highest BCUT2D eigenvalue weighted by Crippen LogP contribution is 2.28. The molecule has 0 aliphatic heterocycles. The second kappa shape index (κ2) is 6.42. The second-order valence-electron chi connectivity index (χ2n) is 5.39. The van der Waals surface area contributed by atoms with Crippen molar-refractivity contribution in [2.75, 3.05) is 5.73 Å². The minimum atomic E-state index is 0.820. The van der Waals surface area contributed by atoms with E-state index in [9.17, 15) is 0 Å². The van der Waals surface area contributed by atoms with Crippen LogP contribution in [0.1, 0.15) is 43.9 Å². The summed E-state index contributed by atoms with van der Waals surface area (Å²) in [6.45, 7) is 14.7. The first-order valence-electron chi connectivity index (χ1n) is 6.70. The van der Waals surface area contributed by atoms with Gasteiger partial charge in [-0.3, -0.25) is 0 Å². The lowest BCUT2D eigenvalue weighted by molar-refractivity contribution is 1.24. The molecule has 0 aliphatic rings. The third-order valence-corrected chi connectivity index (χ3v) is 3.31. The first-order chi connectivity index (χ1) is 8.85. The Bertz CT molecular complexity index is 541. The van der Waals surface area contributed by atoms with E-state index >= 15 is 0 Å². The molecule has 19 heavy (non-hydrogen) atoms. The second-order valence-corrected chi connectivity index (χ2v) is 5.39. The summed E-state index contributed by atoms with van der Waals surface area (Å²) in [5.74, 6) is 0. The number of nitrogens with two attached hydrogens (primary N) is 1. The van der Waals surface area contributed by atoms with Crippen molar-refractivity contribution < 1.29 is 0 Å². The fourth-order valence-corrected chi connectivity index (χ4v) is 2.09. The van der Waals surface area contributed by atoms with Gasteiger partial charge in [-0.1, -0.05) is 24.3 Å². The Morgan fingerprint density at radius 2 is 1.79 bits per heavy atom. The van der Waals surface area contributed by atoms with Crippen LogP contribution in [0.25, 0.3) is 5.57 Å². The molecular formula is C18H25N. The lowest BCUT2D eigenvalue weighted by Crippen LogP contribution is -1.97. The Balaban J connectivity index is 3.02. The maximum Gasteiger partial charge on any atom is 0.0393 e. The van der Waals surface area contributed by atoms with Crippen LogP contribution in [0.2, 0.25) is 0 Å². The topological polar surface area (TPSA) is 26.0 Å². The Kier molecular flexibility index (Phi) is 5.17. The molecule has 0 radical (unpaired) electrons. The molecule has 0 unspecified atom stereocenters. The van der Waals surface area contributed by atoms with Gasteiger partial charge in [0.15, 0.2) is 0 Å². The number of benzene rings is 1. The maximum atomic E-state index is 6.11. The average Bonchev–Trinajstić information content (AvgIpc) is 2.32. The zero-order valence-electron chi connectivity index (χ0n) is 12.8. The molecule has 1 nitrogen and oxygen atoms in total. The number of aryl methyl sites for hydroxylation is 2. The molecule has 2 N–H and O–H groups in total. The largest absolute Gasteiger partial charge is 0.398 e. The van der Waals surface area contributed by atoms with Gasteiger partial charge in [0.05, 0.1) is 0 Å². The summed E-state index contributed by atoms with van der Waals surface area (Å²) in [6, 6.07) is 4.18. The minimum absolute atomic E-state index is 0.820. The van der Waals surface area contributed by atoms with Gasteiger partial charge in [-0.2, -0.15) is 0 Å². The summed E-state index contributed by atoms with van der Waals surface area (Å²) in [5, 5.41) is 0. The van der Waals surface area contributed by atoms with E-state index in [0.717, 1.165) is 23.2 Å². The highest BCUT2D eigenvalue weighted by atomic mass is 14.6. The molecular weight excluding hydrogens is 230 g/mol. The molecule has 102 valence electrons. The van der Waals surface area contributed by atoms with E-state index in [1.54, 1.807) is 0 Å². The van der Waals surface area contributed by atoms with Gasteiger partial charge in [0.2, 0.25) is 0 Å². The van der Waals surface area contributed by atoms with Gasteiger partial charge in [0, 0.05) is 11.3 Å². The van der Waals surface area contributed by atoms with Gasteiger partial charge in [-0.05, 0) is 75.4 Å². The molecule has 0 atom stereocenters. The fraction of sp³-hybridized carbons (Fsp3) is 0.333. The lowest BCUT2D eigenvalue weighted by Gasteiger charge is -2.13. The fourth-order valence-electron chi connectivity index (χ4n) is 2.09. The Morgan fingerprint density at radius 1 is 1.21 bits per heavy atom. The van der Waals surface area contributed by atoms with Crippen LogP contribution in [0, 0.1) is 13.8 Å². The zero-order chi connectivity index (χ0) is 14.6. The molecule has 0 amide bonds. The molecule has 0 fully saturated rings. The van der Waals surface area contributed by atoms with E-state index in [1.165, 1.54) is 22.3 Å². The van der Waals surface area contributed by atoms with Crippen LogP contribution in [-0.4, -0.2) is 0 Å². The molecule has 0 saturated heterocycles. The molecule has 0 heterocycles. The standard InChI is InChI=1S/C18H25N/c1-7-16(8-12(2)3)9-15(6)17-10-13(4)14(5)11-18(17)19/h7-8,10-11H,6,9,19H2,1-5H3/b16-7+. The quantitative estimate of drug-likeness (QED) is 0.580. The van der Waals surface area contributed by atoms with E-state index in [-0.39, 0.29) is 0 Å². The lowest BCUT2D eigenvalue weighted by atomic mass is 9.94. The highest BCUT2D eigenvalue weighted by Gasteiger charge is 2.07. The molecule has 0 bridgehead atoms. The van der Waals surface area contributed by atoms with E-state index in [4.69, 9.17) is 5.73 Å². The SMILES string of the molecule is C=C(C/C(C=C(C)C)=C/C)c1cc(C)c(C)cc1N. The first kappa shape index (κ1) is 15.3.